The Hall–Kier alpha value is -3.61. The highest BCUT2D eigenvalue weighted by molar-refractivity contribution is 6.42. The monoisotopic (exact) mass is 485 g/mol. The maximum atomic E-state index is 13.6. The van der Waals surface area contributed by atoms with Crippen LogP contribution in [0.4, 0.5) is 4.79 Å². The number of fused-ring (bicyclic) bond motifs is 1. The van der Waals surface area contributed by atoms with Crippen LogP contribution in [0.5, 0.6) is 0 Å². The van der Waals surface area contributed by atoms with Gasteiger partial charge in [-0.05, 0) is 36.2 Å². The fraction of sp³-hybridized carbons (Fsp3) is 0.560. The molecule has 0 bridgehead atoms. The number of carbonyl (C=O) groups is 5. The lowest BCUT2D eigenvalue weighted by atomic mass is 9.85. The lowest BCUT2D eigenvalue weighted by Gasteiger charge is -2.36. The van der Waals surface area contributed by atoms with Gasteiger partial charge in [0.1, 0.15) is 12.1 Å². The van der Waals surface area contributed by atoms with Crippen molar-refractivity contribution in [1.29, 1.82) is 0 Å². The van der Waals surface area contributed by atoms with Gasteiger partial charge in [-0.25, -0.2) is 4.79 Å². The fourth-order valence-electron chi connectivity index (χ4n) is 4.76. The second-order valence-corrected chi connectivity index (χ2v) is 9.94. The Bertz CT molecular complexity index is 958. The van der Waals surface area contributed by atoms with E-state index in [9.17, 15) is 24.0 Å². The predicted octanol–water partition coefficient (Wildman–Crippen LogP) is 0.591. The molecule has 190 valence electrons. The average Bonchev–Trinajstić information content (AvgIpc) is 3.38. The number of nitrogens with two attached hydrogens (primary N) is 1. The zero-order valence-corrected chi connectivity index (χ0v) is 20.6. The molecule has 10 nitrogen and oxygen atoms in total. The third-order valence-electron chi connectivity index (χ3n) is 6.38. The number of terminal acetylenes is 1. The number of urea groups is 1. The van der Waals surface area contributed by atoms with Gasteiger partial charge in [-0.2, -0.15) is 0 Å². The number of amides is 5. The molecule has 2 rings (SSSR count). The van der Waals surface area contributed by atoms with E-state index in [-0.39, 0.29) is 30.5 Å². The summed E-state index contributed by atoms with van der Waals surface area (Å²) < 4.78 is 0. The van der Waals surface area contributed by atoms with Crippen LogP contribution in [0.3, 0.4) is 0 Å². The van der Waals surface area contributed by atoms with Crippen molar-refractivity contribution in [2.45, 2.75) is 58.5 Å². The maximum Gasteiger partial charge on any atom is 0.312 e. The van der Waals surface area contributed by atoms with Crippen molar-refractivity contribution in [1.82, 2.24) is 20.9 Å². The van der Waals surface area contributed by atoms with Crippen LogP contribution in [0.1, 0.15) is 46.5 Å². The number of ketones is 1. The number of likely N-dealkylation sites (tertiary alicyclic amines) is 1. The van der Waals surface area contributed by atoms with Gasteiger partial charge in [-0.15, -0.1) is 18.9 Å². The maximum absolute atomic E-state index is 13.6. The first kappa shape index (κ1) is 27.6. The highest BCUT2D eigenvalue weighted by atomic mass is 16.2. The van der Waals surface area contributed by atoms with E-state index in [1.54, 1.807) is 20.8 Å². The van der Waals surface area contributed by atoms with Gasteiger partial charge in [-0.3, -0.25) is 19.2 Å². The molecule has 1 aliphatic heterocycles. The minimum Gasteiger partial charge on any atom is -0.352 e. The van der Waals surface area contributed by atoms with E-state index in [2.05, 4.69) is 28.4 Å². The third-order valence-corrected chi connectivity index (χ3v) is 6.38. The smallest absolute Gasteiger partial charge is 0.312 e. The molecule has 5 N–H and O–H groups in total. The van der Waals surface area contributed by atoms with Crippen LogP contribution in [-0.4, -0.2) is 59.6 Å². The number of allylic oxidation sites excluding steroid dienone is 1. The number of nitrogens with zero attached hydrogens (tertiary/aromatic N) is 1. The Kier molecular flexibility index (Phi) is 9.23. The molecule has 0 aromatic heterocycles. The van der Waals surface area contributed by atoms with Crippen molar-refractivity contribution < 1.29 is 24.0 Å². The first-order valence-electron chi connectivity index (χ1n) is 11.7. The molecule has 2 aliphatic rings. The number of carbonyl (C=O) groups excluding carboxylic acids is 5. The zero-order valence-electron chi connectivity index (χ0n) is 20.6. The van der Waals surface area contributed by atoms with E-state index in [1.807, 2.05) is 0 Å². The minimum absolute atomic E-state index is 0.0179. The Morgan fingerprint density at radius 2 is 1.91 bits per heavy atom. The number of Topliss-reactive ketones (excluding diaryl/α,β-unsaturated/α-hetero) is 1. The van der Waals surface area contributed by atoms with Crippen molar-refractivity contribution in [3.63, 3.8) is 0 Å². The number of hydrogen-bond donors (Lipinski definition) is 4. The van der Waals surface area contributed by atoms with Crippen molar-refractivity contribution in [3.05, 3.63) is 24.4 Å². The van der Waals surface area contributed by atoms with Crippen molar-refractivity contribution in [2.24, 2.45) is 23.0 Å². The molecule has 0 aromatic rings. The fourth-order valence-corrected chi connectivity index (χ4v) is 4.76. The normalized spacial score (nSPS) is 22.4. The van der Waals surface area contributed by atoms with Crippen molar-refractivity contribution in [3.8, 4) is 12.3 Å². The van der Waals surface area contributed by atoms with E-state index in [1.165, 1.54) is 17.1 Å². The van der Waals surface area contributed by atoms with E-state index >= 15 is 0 Å². The largest absolute Gasteiger partial charge is 0.352 e. The molecular weight excluding hydrogens is 450 g/mol. The molecule has 1 heterocycles. The summed E-state index contributed by atoms with van der Waals surface area (Å²) in [4.78, 5) is 65.0. The molecule has 1 saturated carbocycles. The van der Waals surface area contributed by atoms with Crippen LogP contribution in [0, 0.1) is 29.6 Å². The summed E-state index contributed by atoms with van der Waals surface area (Å²) in [5, 5.41) is 7.44. The number of rotatable bonds is 9. The summed E-state index contributed by atoms with van der Waals surface area (Å²) in [5.74, 6) is -0.495. The molecule has 1 saturated heterocycles. The summed E-state index contributed by atoms with van der Waals surface area (Å²) in [7, 11) is 0. The van der Waals surface area contributed by atoms with Crippen LogP contribution in [-0.2, 0) is 19.2 Å². The Morgan fingerprint density at radius 3 is 2.49 bits per heavy atom. The van der Waals surface area contributed by atoms with E-state index in [0.717, 1.165) is 19.3 Å². The predicted molar refractivity (Wildman–Crippen MR) is 130 cm³/mol. The van der Waals surface area contributed by atoms with Gasteiger partial charge in [0.15, 0.2) is 0 Å². The van der Waals surface area contributed by atoms with Crippen LogP contribution >= 0.6 is 0 Å². The quantitative estimate of drug-likeness (QED) is 0.163. The second kappa shape index (κ2) is 11.7. The first-order valence-corrected chi connectivity index (χ1v) is 11.7. The summed E-state index contributed by atoms with van der Waals surface area (Å²) >= 11 is 0. The molecule has 4 atom stereocenters. The molecule has 0 radical (unpaired) electrons. The van der Waals surface area contributed by atoms with Crippen LogP contribution in [0.15, 0.2) is 24.4 Å². The van der Waals surface area contributed by atoms with Crippen molar-refractivity contribution in [2.75, 3.05) is 13.1 Å². The van der Waals surface area contributed by atoms with Gasteiger partial charge in [0.05, 0.1) is 5.70 Å². The summed E-state index contributed by atoms with van der Waals surface area (Å²) in [6, 6.07) is -2.65. The highest BCUT2D eigenvalue weighted by Crippen LogP contribution is 2.43. The van der Waals surface area contributed by atoms with Gasteiger partial charge in [-0.1, -0.05) is 33.3 Å². The molecule has 10 heteroatoms. The van der Waals surface area contributed by atoms with Crippen molar-refractivity contribution >= 4 is 29.5 Å². The Balaban J connectivity index is 2.34. The van der Waals surface area contributed by atoms with E-state index in [4.69, 9.17) is 12.2 Å². The number of hydrogen-bond acceptors (Lipinski definition) is 5. The number of primary amides is 1. The van der Waals surface area contributed by atoms with Crippen LogP contribution in [0.25, 0.3) is 0 Å². The highest BCUT2D eigenvalue weighted by Gasteiger charge is 2.51. The molecule has 2 fully saturated rings. The third kappa shape index (κ3) is 6.72. The van der Waals surface area contributed by atoms with Gasteiger partial charge in [0.2, 0.25) is 11.8 Å². The minimum atomic E-state index is -0.947. The average molecular weight is 486 g/mol. The molecule has 5 amide bonds. The summed E-state index contributed by atoms with van der Waals surface area (Å²) in [5.41, 5.74) is 4.41. The molecule has 0 spiro atoms. The molecule has 1 aliphatic carbocycles. The summed E-state index contributed by atoms with van der Waals surface area (Å²) in [6.45, 7) is 9.29. The Morgan fingerprint density at radius 1 is 1.23 bits per heavy atom. The molecule has 0 unspecified atom stereocenters. The van der Waals surface area contributed by atoms with Gasteiger partial charge in [0, 0.05) is 19.5 Å². The first-order chi connectivity index (χ1) is 16.4. The SMILES string of the molecule is C#CC/C=C(/NC(=O)[C@@H]1[C@H]2CCC[C@H]2CN1C(=O)[C@@H](NC(N)=O)C(C)(C)C)C(=O)C(=O)NCC=C. The lowest BCUT2D eigenvalue weighted by molar-refractivity contribution is -0.143. The standard InChI is InChI=1S/C25H35N5O5/c1-6-8-12-17(19(31)22(33)27-13-7-2)28-21(32)18-16-11-9-10-15(16)14-30(18)23(34)20(25(3,4)5)29-24(26)35/h1,7,12,15-16,18,20H,2,8-11,13-14H2,3-5H3,(H,27,33)(H,28,32)(H3,26,29,35)/b17-12+/t15-,16-,18-,20+/m0/s1. The van der Waals surface area contributed by atoms with Crippen LogP contribution in [0.2, 0.25) is 0 Å². The van der Waals surface area contributed by atoms with Gasteiger partial charge in [0.25, 0.3) is 11.7 Å². The Labute approximate surface area is 206 Å². The molecular formula is C25H35N5O5. The van der Waals surface area contributed by atoms with Crippen LogP contribution < -0.4 is 21.7 Å². The second-order valence-electron chi connectivity index (χ2n) is 9.94. The van der Waals surface area contributed by atoms with E-state index < -0.39 is 47.0 Å². The topological polar surface area (TPSA) is 151 Å². The number of nitrogens with one attached hydrogen (secondary N) is 3. The molecule has 35 heavy (non-hydrogen) atoms. The van der Waals surface area contributed by atoms with E-state index in [0.29, 0.717) is 6.54 Å². The van der Waals surface area contributed by atoms with Gasteiger partial charge < -0.3 is 26.6 Å². The van der Waals surface area contributed by atoms with Gasteiger partial charge >= 0.3 is 6.03 Å². The summed E-state index contributed by atoms with van der Waals surface area (Å²) in [6.07, 6.45) is 10.6. The molecule has 0 aromatic carbocycles. The lowest BCUT2D eigenvalue weighted by Crippen LogP contribution is -2.59. The zero-order chi connectivity index (χ0) is 26.3.